The molecule has 10 heteroatoms. The van der Waals surface area contributed by atoms with Crippen molar-refractivity contribution in [2.24, 2.45) is 11.7 Å². The van der Waals surface area contributed by atoms with Crippen molar-refractivity contribution in [1.29, 1.82) is 0 Å². The van der Waals surface area contributed by atoms with Crippen LogP contribution in [0.15, 0.2) is 48.9 Å². The topological polar surface area (TPSA) is 98.6 Å². The van der Waals surface area contributed by atoms with Gasteiger partial charge >= 0.3 is 0 Å². The van der Waals surface area contributed by atoms with E-state index in [4.69, 9.17) is 10.5 Å². The molecule has 1 fully saturated rings. The van der Waals surface area contributed by atoms with Gasteiger partial charge in [0.15, 0.2) is 0 Å². The molecule has 0 saturated heterocycles. The molecule has 4 aromatic rings. The maximum Gasteiger partial charge on any atom is 0.219 e. The Balaban J connectivity index is 1.45. The van der Waals surface area contributed by atoms with E-state index in [1.54, 1.807) is 40.9 Å². The van der Waals surface area contributed by atoms with Crippen LogP contribution in [0.25, 0.3) is 16.8 Å². The molecular formula is C30H34F2N6O2. The fourth-order valence-corrected chi connectivity index (χ4v) is 6.17. The number of rotatable bonds is 7. The van der Waals surface area contributed by atoms with Gasteiger partial charge in [0.1, 0.15) is 17.5 Å². The van der Waals surface area contributed by atoms with E-state index in [2.05, 4.69) is 22.0 Å². The highest BCUT2D eigenvalue weighted by Crippen LogP contribution is 2.39. The van der Waals surface area contributed by atoms with Gasteiger partial charge in [0.2, 0.25) is 5.91 Å². The normalized spacial score (nSPS) is 21.1. The summed E-state index contributed by atoms with van der Waals surface area (Å²) in [6.07, 6.45) is 7.36. The lowest BCUT2D eigenvalue weighted by molar-refractivity contribution is -0.131. The standard InChI is InChI=1S/C30H34F2N6O2/c1-17-9-20(12-26(33)30(17)37(3)18(2)39)23-7-8-34-14-21(23)13-28-35-15-22-5-6-27(36-38(22)28)29-24(31)10-19(16-40-4)11-25(29)32/h5-8,10-11,14-15,17,20,26,30H,9,12-13,16,33H2,1-4H3/t17-,20+,26+,30-/m0/s1. The predicted octanol–water partition coefficient (Wildman–Crippen LogP) is 4.49. The van der Waals surface area contributed by atoms with Crippen molar-refractivity contribution in [2.75, 3.05) is 14.2 Å². The van der Waals surface area contributed by atoms with Gasteiger partial charge in [-0.15, -0.1) is 0 Å². The molecule has 210 valence electrons. The third kappa shape index (κ3) is 5.33. The highest BCUT2D eigenvalue weighted by atomic mass is 19.1. The van der Waals surface area contributed by atoms with Crippen LogP contribution in [-0.2, 0) is 22.6 Å². The number of aromatic nitrogens is 4. The van der Waals surface area contributed by atoms with E-state index in [-0.39, 0.29) is 47.7 Å². The fraction of sp³-hybridized carbons (Fsp3) is 0.400. The van der Waals surface area contributed by atoms with Gasteiger partial charge in [-0.25, -0.2) is 18.3 Å². The summed E-state index contributed by atoms with van der Waals surface area (Å²) >= 11 is 0. The van der Waals surface area contributed by atoms with Crippen molar-refractivity contribution in [3.63, 3.8) is 0 Å². The highest BCUT2D eigenvalue weighted by Gasteiger charge is 2.38. The van der Waals surface area contributed by atoms with Crippen LogP contribution in [0.2, 0.25) is 0 Å². The average Bonchev–Trinajstić information content (AvgIpc) is 3.30. The molecule has 4 atom stereocenters. The molecule has 1 aromatic carbocycles. The zero-order valence-corrected chi connectivity index (χ0v) is 23.1. The number of benzene rings is 1. The molecule has 1 aliphatic carbocycles. The highest BCUT2D eigenvalue weighted by molar-refractivity contribution is 5.73. The zero-order valence-electron chi connectivity index (χ0n) is 23.1. The number of pyridine rings is 1. The van der Waals surface area contributed by atoms with Crippen molar-refractivity contribution in [3.8, 4) is 11.3 Å². The molecule has 0 bridgehead atoms. The van der Waals surface area contributed by atoms with Crippen LogP contribution in [0.3, 0.4) is 0 Å². The van der Waals surface area contributed by atoms with Gasteiger partial charge in [-0.1, -0.05) is 6.92 Å². The third-order valence-electron chi connectivity index (χ3n) is 8.03. The van der Waals surface area contributed by atoms with Crippen LogP contribution in [-0.4, -0.2) is 56.6 Å². The Bertz CT molecular complexity index is 1500. The maximum absolute atomic E-state index is 14.9. The first-order valence-corrected chi connectivity index (χ1v) is 13.4. The number of carbonyl (C=O) groups excluding carboxylic acids is 1. The third-order valence-corrected chi connectivity index (χ3v) is 8.03. The molecule has 0 aliphatic heterocycles. The molecule has 40 heavy (non-hydrogen) atoms. The number of hydrogen-bond acceptors (Lipinski definition) is 6. The molecule has 0 spiro atoms. The van der Waals surface area contributed by atoms with Gasteiger partial charge in [-0.2, -0.15) is 5.10 Å². The number of likely N-dealkylation sites (N-methyl/N-ethyl adjacent to an activating group) is 1. The summed E-state index contributed by atoms with van der Waals surface area (Å²) in [6.45, 7) is 3.82. The number of ether oxygens (including phenoxy) is 1. The zero-order chi connectivity index (χ0) is 28.6. The number of nitrogens with two attached hydrogens (primary N) is 1. The van der Waals surface area contributed by atoms with Gasteiger partial charge in [0.25, 0.3) is 0 Å². The minimum atomic E-state index is -0.702. The Labute approximate surface area is 232 Å². The fourth-order valence-electron chi connectivity index (χ4n) is 6.17. The van der Waals surface area contributed by atoms with E-state index in [0.29, 0.717) is 23.3 Å². The van der Waals surface area contributed by atoms with Gasteiger partial charge in [-0.3, -0.25) is 9.78 Å². The quantitative estimate of drug-likeness (QED) is 0.365. The second-order valence-electron chi connectivity index (χ2n) is 10.8. The van der Waals surface area contributed by atoms with E-state index in [9.17, 15) is 13.6 Å². The lowest BCUT2D eigenvalue weighted by atomic mass is 9.72. The molecule has 0 unspecified atom stereocenters. The number of imidazole rings is 1. The number of methoxy groups -OCH3 is 1. The lowest BCUT2D eigenvalue weighted by Gasteiger charge is -2.43. The molecule has 5 rings (SSSR count). The second-order valence-corrected chi connectivity index (χ2v) is 10.8. The van der Waals surface area contributed by atoms with E-state index in [0.717, 1.165) is 24.0 Å². The van der Waals surface area contributed by atoms with Crippen molar-refractivity contribution in [2.45, 2.75) is 57.7 Å². The molecule has 8 nitrogen and oxygen atoms in total. The first kappa shape index (κ1) is 27.8. The number of nitrogens with zero attached hydrogens (tertiary/aromatic N) is 5. The Kier molecular flexibility index (Phi) is 7.91. The van der Waals surface area contributed by atoms with Gasteiger partial charge in [0, 0.05) is 52.0 Å². The molecule has 3 aromatic heterocycles. The van der Waals surface area contributed by atoms with Crippen LogP contribution in [0.1, 0.15) is 55.1 Å². The van der Waals surface area contributed by atoms with Crippen molar-refractivity contribution in [1.82, 2.24) is 24.5 Å². The maximum atomic E-state index is 14.9. The Morgan fingerprint density at radius 3 is 2.60 bits per heavy atom. The van der Waals surface area contributed by atoms with Crippen molar-refractivity contribution < 1.29 is 18.3 Å². The van der Waals surface area contributed by atoms with Crippen molar-refractivity contribution in [3.05, 3.63) is 83.1 Å². The number of hydrogen-bond donors (Lipinski definition) is 1. The molecular weight excluding hydrogens is 514 g/mol. The van der Waals surface area contributed by atoms with Crippen LogP contribution in [0.5, 0.6) is 0 Å². The van der Waals surface area contributed by atoms with Crippen LogP contribution >= 0.6 is 0 Å². The Hall–Kier alpha value is -3.76. The second kappa shape index (κ2) is 11.4. The number of carbonyl (C=O) groups is 1. The lowest BCUT2D eigenvalue weighted by Crippen LogP contribution is -2.54. The summed E-state index contributed by atoms with van der Waals surface area (Å²) in [6, 6.07) is 7.72. The first-order valence-electron chi connectivity index (χ1n) is 13.4. The van der Waals surface area contributed by atoms with E-state index >= 15 is 0 Å². The first-order chi connectivity index (χ1) is 19.2. The van der Waals surface area contributed by atoms with E-state index < -0.39 is 11.6 Å². The summed E-state index contributed by atoms with van der Waals surface area (Å²) in [7, 11) is 3.29. The van der Waals surface area contributed by atoms with Crippen molar-refractivity contribution >= 4 is 11.4 Å². The van der Waals surface area contributed by atoms with Gasteiger partial charge in [0.05, 0.1) is 29.6 Å². The monoisotopic (exact) mass is 548 g/mol. The number of fused-ring (bicyclic) bond motifs is 1. The van der Waals surface area contributed by atoms with Gasteiger partial charge in [-0.05, 0) is 71.7 Å². The molecule has 1 aliphatic rings. The summed E-state index contributed by atoms with van der Waals surface area (Å²) in [4.78, 5) is 22.7. The summed E-state index contributed by atoms with van der Waals surface area (Å²) in [5.74, 6) is -0.342. The smallest absolute Gasteiger partial charge is 0.219 e. The molecule has 1 saturated carbocycles. The Morgan fingerprint density at radius 1 is 1.18 bits per heavy atom. The molecule has 1 amide bonds. The minimum absolute atomic E-state index is 0.0118. The number of halogens is 2. The average molecular weight is 549 g/mol. The number of amides is 1. The molecule has 3 heterocycles. The predicted molar refractivity (Wildman–Crippen MR) is 147 cm³/mol. The van der Waals surface area contributed by atoms with Crippen LogP contribution in [0, 0.1) is 17.6 Å². The summed E-state index contributed by atoms with van der Waals surface area (Å²) in [5, 5.41) is 4.58. The van der Waals surface area contributed by atoms with E-state index in [1.165, 1.54) is 19.2 Å². The van der Waals surface area contributed by atoms with Gasteiger partial charge < -0.3 is 15.4 Å². The van der Waals surface area contributed by atoms with Crippen LogP contribution in [0.4, 0.5) is 8.78 Å². The van der Waals surface area contributed by atoms with Crippen LogP contribution < -0.4 is 5.73 Å². The molecule has 0 radical (unpaired) electrons. The molecule has 2 N–H and O–H groups in total. The minimum Gasteiger partial charge on any atom is -0.380 e. The van der Waals surface area contributed by atoms with E-state index in [1.807, 2.05) is 19.3 Å². The summed E-state index contributed by atoms with van der Waals surface area (Å²) < 4.78 is 36.5. The summed E-state index contributed by atoms with van der Waals surface area (Å²) in [5.41, 5.74) is 9.84. The SMILES string of the molecule is COCc1cc(F)c(-c2ccc3cnc(Cc4cnccc4[C@H]4C[C@@H](N)[C@@H](N(C)C(C)=O)[C@@H](C)C4)n3n2)c(F)c1. The largest absolute Gasteiger partial charge is 0.380 e. The Morgan fingerprint density at radius 2 is 1.93 bits per heavy atom.